The molecule has 3 atom stereocenters. The molecule has 0 aromatic carbocycles. The highest BCUT2D eigenvalue weighted by Gasteiger charge is 2.28. The summed E-state index contributed by atoms with van der Waals surface area (Å²) in [7, 11) is 0. The number of hydrogen-bond acceptors (Lipinski definition) is 6. The molecule has 0 unspecified atom stereocenters. The average Bonchev–Trinajstić information content (AvgIpc) is 3.20. The number of nitrogens with one attached hydrogen (secondary N) is 1. The summed E-state index contributed by atoms with van der Waals surface area (Å²) in [6, 6.07) is 4.16. The normalized spacial score (nSPS) is 24.5. The van der Waals surface area contributed by atoms with Crippen LogP contribution in [0.1, 0.15) is 33.1 Å². The predicted molar refractivity (Wildman–Crippen MR) is 92.4 cm³/mol. The molecule has 0 spiro atoms. The number of aromatic nitrogens is 2. The lowest BCUT2D eigenvalue weighted by atomic mass is 9.78. The topological polar surface area (TPSA) is 68.0 Å². The molecule has 0 bridgehead atoms. The second-order valence-electron chi connectivity index (χ2n) is 6.08. The molecule has 0 aliphatic heterocycles. The van der Waals surface area contributed by atoms with Crippen molar-refractivity contribution in [3.8, 4) is 10.8 Å². The maximum absolute atomic E-state index is 12.2. The maximum Gasteiger partial charge on any atom is 0.277 e. The van der Waals surface area contributed by atoms with Gasteiger partial charge in [-0.05, 0) is 29.7 Å². The summed E-state index contributed by atoms with van der Waals surface area (Å²) in [6.07, 6.45) is 3.53. The predicted octanol–water partition coefficient (Wildman–Crippen LogP) is 3.83. The number of carbonyl (C=O) groups is 1. The molecule has 124 valence electrons. The molecule has 0 saturated heterocycles. The Morgan fingerprint density at radius 2 is 2.30 bits per heavy atom. The summed E-state index contributed by atoms with van der Waals surface area (Å²) in [6.45, 7) is 4.50. The minimum absolute atomic E-state index is 0.0387. The van der Waals surface area contributed by atoms with Gasteiger partial charge in [-0.2, -0.15) is 0 Å². The van der Waals surface area contributed by atoms with E-state index in [0.29, 0.717) is 28.7 Å². The zero-order valence-electron chi connectivity index (χ0n) is 13.3. The summed E-state index contributed by atoms with van der Waals surface area (Å²) in [5.41, 5.74) is 0. The van der Waals surface area contributed by atoms with E-state index < -0.39 is 0 Å². The highest BCUT2D eigenvalue weighted by molar-refractivity contribution is 7.99. The molecule has 2 aromatic heterocycles. The number of hydrogen-bond donors (Lipinski definition) is 1. The fourth-order valence-corrected chi connectivity index (χ4v) is 4.15. The summed E-state index contributed by atoms with van der Waals surface area (Å²) >= 11 is 2.84. The van der Waals surface area contributed by atoms with Gasteiger partial charge >= 0.3 is 0 Å². The van der Waals surface area contributed by atoms with Crippen molar-refractivity contribution in [2.75, 3.05) is 5.75 Å². The van der Waals surface area contributed by atoms with Gasteiger partial charge in [-0.25, -0.2) is 0 Å². The first kappa shape index (κ1) is 16.5. The molecule has 23 heavy (non-hydrogen) atoms. The quantitative estimate of drug-likeness (QED) is 0.829. The fraction of sp³-hybridized carbons (Fsp3) is 0.562. The average molecular weight is 351 g/mol. The van der Waals surface area contributed by atoms with Crippen LogP contribution in [0, 0.1) is 11.8 Å². The lowest BCUT2D eigenvalue weighted by Gasteiger charge is -2.34. The first-order chi connectivity index (χ1) is 11.1. The highest BCUT2D eigenvalue weighted by Crippen LogP contribution is 2.30. The molecule has 2 aromatic rings. The van der Waals surface area contributed by atoms with E-state index in [4.69, 9.17) is 4.42 Å². The van der Waals surface area contributed by atoms with Gasteiger partial charge in [-0.3, -0.25) is 4.79 Å². The maximum atomic E-state index is 12.2. The third kappa shape index (κ3) is 4.14. The Labute approximate surface area is 144 Å². The van der Waals surface area contributed by atoms with Crippen molar-refractivity contribution < 1.29 is 9.21 Å². The van der Waals surface area contributed by atoms with E-state index in [2.05, 4.69) is 29.4 Å². The van der Waals surface area contributed by atoms with Crippen LogP contribution in [0.15, 0.2) is 27.2 Å². The van der Waals surface area contributed by atoms with Gasteiger partial charge < -0.3 is 9.73 Å². The van der Waals surface area contributed by atoms with E-state index in [9.17, 15) is 4.79 Å². The van der Waals surface area contributed by atoms with Crippen LogP contribution in [-0.2, 0) is 4.79 Å². The van der Waals surface area contributed by atoms with Crippen LogP contribution in [0.2, 0.25) is 0 Å². The first-order valence-electron chi connectivity index (χ1n) is 7.93. The van der Waals surface area contributed by atoms with E-state index in [-0.39, 0.29) is 11.9 Å². The monoisotopic (exact) mass is 351 g/mol. The minimum atomic E-state index is 0.0387. The second kappa shape index (κ2) is 7.49. The van der Waals surface area contributed by atoms with Crippen LogP contribution >= 0.6 is 23.1 Å². The second-order valence-corrected chi connectivity index (χ2v) is 7.95. The van der Waals surface area contributed by atoms with Gasteiger partial charge in [0.25, 0.3) is 11.1 Å². The molecule has 1 amide bonds. The largest absolute Gasteiger partial charge is 0.410 e. The Morgan fingerprint density at radius 1 is 1.43 bits per heavy atom. The van der Waals surface area contributed by atoms with Crippen LogP contribution in [-0.4, -0.2) is 27.9 Å². The summed E-state index contributed by atoms with van der Waals surface area (Å²) in [5.74, 6) is 2.07. The smallest absolute Gasteiger partial charge is 0.277 e. The molecule has 7 heteroatoms. The molecule has 2 heterocycles. The third-order valence-corrected chi connectivity index (χ3v) is 6.19. The van der Waals surface area contributed by atoms with Gasteiger partial charge in [-0.15, -0.1) is 21.5 Å². The van der Waals surface area contributed by atoms with Gasteiger partial charge in [0, 0.05) is 6.04 Å². The fourth-order valence-electron chi connectivity index (χ4n) is 2.93. The summed E-state index contributed by atoms with van der Waals surface area (Å²) in [5, 5.41) is 13.6. The van der Waals surface area contributed by atoms with Crippen LogP contribution in [0.25, 0.3) is 10.8 Å². The van der Waals surface area contributed by atoms with Crippen molar-refractivity contribution in [3.05, 3.63) is 17.5 Å². The van der Waals surface area contributed by atoms with Gasteiger partial charge in [0.15, 0.2) is 0 Å². The third-order valence-electron chi connectivity index (χ3n) is 4.52. The standard InChI is InChI=1S/C16H21N3O2S2/c1-10-5-3-6-12(11(10)2)17-14(20)9-23-16-19-18-15(21-16)13-7-4-8-22-13/h4,7-8,10-12H,3,5-6,9H2,1-2H3,(H,17,20)/t10-,11+,12+/m1/s1. The number of carbonyl (C=O) groups excluding carboxylic acids is 1. The molecule has 0 radical (unpaired) electrons. The Kier molecular flexibility index (Phi) is 5.38. The molecule has 1 saturated carbocycles. The molecule has 1 aliphatic rings. The molecule has 1 N–H and O–H groups in total. The van der Waals surface area contributed by atoms with Crippen LogP contribution in [0.5, 0.6) is 0 Å². The number of amides is 1. The van der Waals surface area contributed by atoms with Gasteiger partial charge in [0.1, 0.15) is 0 Å². The molecule has 5 nitrogen and oxygen atoms in total. The Balaban J connectivity index is 1.49. The lowest BCUT2D eigenvalue weighted by molar-refractivity contribution is -0.120. The van der Waals surface area contributed by atoms with Crippen molar-refractivity contribution in [2.24, 2.45) is 11.8 Å². The van der Waals surface area contributed by atoms with Crippen LogP contribution in [0.4, 0.5) is 0 Å². The Hall–Kier alpha value is -1.34. The first-order valence-corrected chi connectivity index (χ1v) is 9.79. The minimum Gasteiger partial charge on any atom is -0.410 e. The van der Waals surface area contributed by atoms with Crippen molar-refractivity contribution >= 4 is 29.0 Å². The van der Waals surface area contributed by atoms with Gasteiger partial charge in [0.05, 0.1) is 10.6 Å². The molecular formula is C16H21N3O2S2. The number of thioether (sulfide) groups is 1. The van der Waals surface area contributed by atoms with Gasteiger partial charge in [0.2, 0.25) is 5.91 Å². The number of nitrogens with zero attached hydrogens (tertiary/aromatic N) is 2. The van der Waals surface area contributed by atoms with Crippen molar-refractivity contribution in [1.29, 1.82) is 0 Å². The number of thiophene rings is 1. The highest BCUT2D eigenvalue weighted by atomic mass is 32.2. The van der Waals surface area contributed by atoms with Crippen LogP contribution in [0.3, 0.4) is 0 Å². The van der Waals surface area contributed by atoms with Gasteiger partial charge in [-0.1, -0.05) is 44.5 Å². The molecule has 1 aliphatic carbocycles. The molecule has 3 rings (SSSR count). The van der Waals surface area contributed by atoms with E-state index in [0.717, 1.165) is 11.3 Å². The lowest BCUT2D eigenvalue weighted by Crippen LogP contribution is -2.44. The van der Waals surface area contributed by atoms with Crippen molar-refractivity contribution in [3.63, 3.8) is 0 Å². The van der Waals surface area contributed by atoms with E-state index in [1.807, 2.05) is 17.5 Å². The summed E-state index contributed by atoms with van der Waals surface area (Å²) < 4.78 is 5.58. The molecule has 1 fully saturated rings. The Morgan fingerprint density at radius 3 is 3.09 bits per heavy atom. The zero-order chi connectivity index (χ0) is 16.2. The Bertz CT molecular complexity index is 642. The van der Waals surface area contributed by atoms with Crippen LogP contribution < -0.4 is 5.32 Å². The molecular weight excluding hydrogens is 330 g/mol. The number of rotatable bonds is 5. The summed E-state index contributed by atoms with van der Waals surface area (Å²) in [4.78, 5) is 13.1. The SMILES string of the molecule is C[C@H]1[C@H](C)CCC[C@@H]1NC(=O)CSc1nnc(-c2cccs2)o1. The van der Waals surface area contributed by atoms with E-state index >= 15 is 0 Å². The van der Waals surface area contributed by atoms with Crippen molar-refractivity contribution in [2.45, 2.75) is 44.4 Å². The van der Waals surface area contributed by atoms with E-state index in [1.54, 1.807) is 11.3 Å². The van der Waals surface area contributed by atoms with Crippen molar-refractivity contribution in [1.82, 2.24) is 15.5 Å². The van der Waals surface area contributed by atoms with E-state index in [1.165, 1.54) is 24.6 Å². The zero-order valence-corrected chi connectivity index (χ0v) is 15.0.